The molecule has 0 unspecified atom stereocenters. The van der Waals surface area contributed by atoms with Crippen molar-refractivity contribution in [2.45, 2.75) is 0 Å². The minimum atomic E-state index is -0.598. The number of amides is 2. The number of nitro groups is 1. The third kappa shape index (κ3) is 4.64. The van der Waals surface area contributed by atoms with E-state index in [1.165, 1.54) is 31.4 Å². The largest absolute Gasteiger partial charge is 0.496 e. The molecule has 2 amide bonds. The lowest BCUT2D eigenvalue weighted by Crippen LogP contribution is -2.15. The standard InChI is InChI=1S/C25H19N3O5/c1-33-19-12-13-22(23(15-19)28(31)32)27-24(29)17-8-4-9-18(14-17)26-25(30)21-11-5-7-16-6-2-3-10-20(16)21/h2-15H,1H3,(H,26,30)(H,27,29). The number of nitrogens with one attached hydrogen (secondary N) is 2. The second kappa shape index (κ2) is 9.19. The molecule has 0 spiro atoms. The molecule has 33 heavy (non-hydrogen) atoms. The van der Waals surface area contributed by atoms with E-state index in [1.807, 2.05) is 36.4 Å². The summed E-state index contributed by atoms with van der Waals surface area (Å²) in [6, 6.07) is 23.5. The van der Waals surface area contributed by atoms with E-state index in [0.29, 0.717) is 17.0 Å². The molecular weight excluding hydrogens is 422 g/mol. The molecule has 0 atom stereocenters. The molecule has 4 aromatic carbocycles. The van der Waals surface area contributed by atoms with Crippen LogP contribution < -0.4 is 15.4 Å². The van der Waals surface area contributed by atoms with Gasteiger partial charge in [-0.25, -0.2) is 0 Å². The highest BCUT2D eigenvalue weighted by molar-refractivity contribution is 6.13. The topological polar surface area (TPSA) is 111 Å². The first-order chi connectivity index (χ1) is 16.0. The number of carbonyl (C=O) groups excluding carboxylic acids is 2. The van der Waals surface area contributed by atoms with Gasteiger partial charge in [0, 0.05) is 16.8 Å². The molecule has 0 heterocycles. The Kier molecular flexibility index (Phi) is 5.99. The molecule has 2 N–H and O–H groups in total. The van der Waals surface area contributed by atoms with Gasteiger partial charge in [0.25, 0.3) is 17.5 Å². The van der Waals surface area contributed by atoms with E-state index >= 15 is 0 Å². The molecule has 8 nitrogen and oxygen atoms in total. The van der Waals surface area contributed by atoms with Gasteiger partial charge in [0.15, 0.2) is 0 Å². The summed E-state index contributed by atoms with van der Waals surface area (Å²) in [5, 5.41) is 18.5. The number of methoxy groups -OCH3 is 1. The number of benzene rings is 4. The highest BCUT2D eigenvalue weighted by Gasteiger charge is 2.18. The molecule has 0 aromatic heterocycles. The van der Waals surface area contributed by atoms with Gasteiger partial charge in [0.05, 0.1) is 18.1 Å². The molecule has 0 saturated heterocycles. The molecule has 0 bridgehead atoms. The van der Waals surface area contributed by atoms with Crippen molar-refractivity contribution >= 4 is 39.6 Å². The minimum absolute atomic E-state index is 0.0380. The van der Waals surface area contributed by atoms with Gasteiger partial charge in [-0.3, -0.25) is 19.7 Å². The van der Waals surface area contributed by atoms with Crippen molar-refractivity contribution in [2.24, 2.45) is 0 Å². The van der Waals surface area contributed by atoms with Crippen molar-refractivity contribution in [3.8, 4) is 5.75 Å². The van der Waals surface area contributed by atoms with E-state index in [9.17, 15) is 19.7 Å². The van der Waals surface area contributed by atoms with Crippen LogP contribution in [0.5, 0.6) is 5.75 Å². The Balaban J connectivity index is 1.55. The van der Waals surface area contributed by atoms with Gasteiger partial charge in [-0.15, -0.1) is 0 Å². The van der Waals surface area contributed by atoms with E-state index in [0.717, 1.165) is 10.8 Å². The third-order valence-corrected chi connectivity index (χ3v) is 5.07. The SMILES string of the molecule is COc1ccc(NC(=O)c2cccc(NC(=O)c3cccc4ccccc34)c2)c([N+](=O)[O-])c1. The quantitative estimate of drug-likeness (QED) is 0.313. The van der Waals surface area contributed by atoms with Crippen LogP contribution in [-0.4, -0.2) is 23.8 Å². The van der Waals surface area contributed by atoms with Gasteiger partial charge in [-0.05, 0) is 47.2 Å². The first-order valence-corrected chi connectivity index (χ1v) is 9.99. The second-order valence-electron chi connectivity index (χ2n) is 7.16. The zero-order valence-corrected chi connectivity index (χ0v) is 17.6. The van der Waals surface area contributed by atoms with Crippen molar-refractivity contribution in [2.75, 3.05) is 17.7 Å². The maximum absolute atomic E-state index is 12.9. The van der Waals surface area contributed by atoms with Crippen LogP contribution in [0.25, 0.3) is 10.8 Å². The molecule has 0 aliphatic carbocycles. The highest BCUT2D eigenvalue weighted by atomic mass is 16.6. The number of ether oxygens (including phenoxy) is 1. The van der Waals surface area contributed by atoms with Gasteiger partial charge in [-0.2, -0.15) is 0 Å². The number of nitrogens with zero attached hydrogens (tertiary/aromatic N) is 1. The number of carbonyl (C=O) groups is 2. The van der Waals surface area contributed by atoms with E-state index < -0.39 is 10.8 Å². The lowest BCUT2D eigenvalue weighted by atomic mass is 10.0. The summed E-state index contributed by atoms with van der Waals surface area (Å²) in [6.07, 6.45) is 0. The number of fused-ring (bicyclic) bond motifs is 1. The zero-order valence-electron chi connectivity index (χ0n) is 17.6. The Morgan fingerprint density at radius 1 is 0.848 bits per heavy atom. The van der Waals surface area contributed by atoms with Crippen molar-refractivity contribution in [1.29, 1.82) is 0 Å². The van der Waals surface area contributed by atoms with E-state index in [4.69, 9.17) is 4.74 Å². The van der Waals surface area contributed by atoms with Crippen LogP contribution in [0.4, 0.5) is 17.1 Å². The molecular formula is C25H19N3O5. The van der Waals surface area contributed by atoms with Crippen molar-refractivity contribution in [3.63, 3.8) is 0 Å². The summed E-state index contributed by atoms with van der Waals surface area (Å²) in [5.41, 5.74) is 0.913. The van der Waals surface area contributed by atoms with Gasteiger partial charge >= 0.3 is 0 Å². The van der Waals surface area contributed by atoms with Crippen LogP contribution in [0, 0.1) is 10.1 Å². The lowest BCUT2D eigenvalue weighted by molar-refractivity contribution is -0.384. The van der Waals surface area contributed by atoms with Crippen LogP contribution >= 0.6 is 0 Å². The molecule has 164 valence electrons. The Morgan fingerprint density at radius 3 is 2.39 bits per heavy atom. The molecule has 0 aliphatic rings. The maximum atomic E-state index is 12.9. The number of hydrogen-bond acceptors (Lipinski definition) is 5. The molecule has 0 saturated carbocycles. The highest BCUT2D eigenvalue weighted by Crippen LogP contribution is 2.29. The number of rotatable bonds is 6. The van der Waals surface area contributed by atoms with Gasteiger partial charge in [-0.1, -0.05) is 42.5 Å². The smallest absolute Gasteiger partial charge is 0.296 e. The summed E-state index contributed by atoms with van der Waals surface area (Å²) in [5.74, 6) is -0.558. The van der Waals surface area contributed by atoms with Crippen molar-refractivity contribution in [3.05, 3.63) is 106 Å². The van der Waals surface area contributed by atoms with E-state index in [2.05, 4.69) is 10.6 Å². The van der Waals surface area contributed by atoms with Gasteiger partial charge in [0.1, 0.15) is 11.4 Å². The fraction of sp³-hybridized carbons (Fsp3) is 0.0400. The number of hydrogen-bond donors (Lipinski definition) is 2. The molecule has 8 heteroatoms. The fourth-order valence-corrected chi connectivity index (χ4v) is 3.45. The first-order valence-electron chi connectivity index (χ1n) is 9.99. The van der Waals surface area contributed by atoms with Crippen LogP contribution in [0.15, 0.2) is 84.9 Å². The molecule has 0 fully saturated rings. The van der Waals surface area contributed by atoms with Gasteiger partial charge in [0.2, 0.25) is 0 Å². The molecule has 4 aromatic rings. The average molecular weight is 441 g/mol. The van der Waals surface area contributed by atoms with Crippen LogP contribution in [-0.2, 0) is 0 Å². The monoisotopic (exact) mass is 441 g/mol. The number of nitro benzene ring substituents is 1. The minimum Gasteiger partial charge on any atom is -0.496 e. The second-order valence-corrected chi connectivity index (χ2v) is 7.16. The summed E-state index contributed by atoms with van der Waals surface area (Å²) in [6.45, 7) is 0. The first kappa shape index (κ1) is 21.5. The third-order valence-electron chi connectivity index (χ3n) is 5.07. The van der Waals surface area contributed by atoms with Crippen LogP contribution in [0.2, 0.25) is 0 Å². The molecule has 0 aliphatic heterocycles. The fourth-order valence-electron chi connectivity index (χ4n) is 3.45. The van der Waals surface area contributed by atoms with E-state index in [-0.39, 0.29) is 22.8 Å². The predicted octanol–water partition coefficient (Wildman–Crippen LogP) is 5.26. The van der Waals surface area contributed by atoms with Gasteiger partial charge < -0.3 is 15.4 Å². The van der Waals surface area contributed by atoms with Crippen LogP contribution in [0.1, 0.15) is 20.7 Å². The Bertz CT molecular complexity index is 1380. The predicted molar refractivity (Wildman–Crippen MR) is 126 cm³/mol. The average Bonchev–Trinajstić information content (AvgIpc) is 2.83. The summed E-state index contributed by atoms with van der Waals surface area (Å²) in [7, 11) is 1.40. The Labute approximate surface area is 189 Å². The molecule has 0 radical (unpaired) electrons. The summed E-state index contributed by atoms with van der Waals surface area (Å²) in [4.78, 5) is 36.4. The normalized spacial score (nSPS) is 10.5. The van der Waals surface area contributed by atoms with Crippen molar-refractivity contribution < 1.29 is 19.2 Å². The molecule has 4 rings (SSSR count). The van der Waals surface area contributed by atoms with E-state index in [1.54, 1.807) is 24.3 Å². The zero-order chi connectivity index (χ0) is 23.4. The van der Waals surface area contributed by atoms with Crippen molar-refractivity contribution in [1.82, 2.24) is 0 Å². The van der Waals surface area contributed by atoms with Crippen LogP contribution in [0.3, 0.4) is 0 Å². The lowest BCUT2D eigenvalue weighted by Gasteiger charge is -2.10. The summed E-state index contributed by atoms with van der Waals surface area (Å²) < 4.78 is 5.01. The Hall–Kier alpha value is -4.72. The summed E-state index contributed by atoms with van der Waals surface area (Å²) >= 11 is 0. The Morgan fingerprint density at radius 2 is 1.61 bits per heavy atom. The number of anilines is 2. The maximum Gasteiger partial charge on any atom is 0.296 e.